The Bertz CT molecular complexity index is 300. The standard InChI is InChI=1S/C14H22FNO/c1-16(10-4-2-3-5-11-17)12-13-6-8-14(15)9-7-13/h6-9,17H,2-5,10-12H2,1H3. The molecule has 0 saturated heterocycles. The minimum Gasteiger partial charge on any atom is -0.396 e. The number of rotatable bonds is 8. The van der Waals surface area contributed by atoms with E-state index in [-0.39, 0.29) is 5.82 Å². The Morgan fingerprint density at radius 1 is 1.06 bits per heavy atom. The molecule has 0 amide bonds. The summed E-state index contributed by atoms with van der Waals surface area (Å²) in [7, 11) is 2.08. The predicted molar refractivity (Wildman–Crippen MR) is 68.3 cm³/mol. The van der Waals surface area contributed by atoms with Crippen molar-refractivity contribution < 1.29 is 9.50 Å². The minimum absolute atomic E-state index is 0.180. The van der Waals surface area contributed by atoms with E-state index in [4.69, 9.17) is 5.11 Å². The Labute approximate surface area is 103 Å². The van der Waals surface area contributed by atoms with Crippen LogP contribution in [-0.2, 0) is 6.54 Å². The van der Waals surface area contributed by atoms with Gasteiger partial charge in [-0.15, -0.1) is 0 Å². The van der Waals surface area contributed by atoms with E-state index < -0.39 is 0 Å². The predicted octanol–water partition coefficient (Wildman–Crippen LogP) is 2.81. The summed E-state index contributed by atoms with van der Waals surface area (Å²) in [5.74, 6) is -0.180. The van der Waals surface area contributed by atoms with Crippen LogP contribution in [0.4, 0.5) is 4.39 Å². The molecule has 1 aromatic carbocycles. The number of hydrogen-bond acceptors (Lipinski definition) is 2. The van der Waals surface area contributed by atoms with Crippen LogP contribution in [0.15, 0.2) is 24.3 Å². The van der Waals surface area contributed by atoms with Crippen LogP contribution in [0, 0.1) is 5.82 Å². The average molecular weight is 239 g/mol. The van der Waals surface area contributed by atoms with Crippen molar-refractivity contribution in [1.29, 1.82) is 0 Å². The molecule has 0 radical (unpaired) electrons. The number of hydrogen-bond donors (Lipinski definition) is 1. The second-order valence-corrected chi connectivity index (χ2v) is 4.50. The lowest BCUT2D eigenvalue weighted by atomic mass is 10.2. The van der Waals surface area contributed by atoms with E-state index in [0.29, 0.717) is 6.61 Å². The average Bonchev–Trinajstić information content (AvgIpc) is 2.32. The van der Waals surface area contributed by atoms with Gasteiger partial charge in [0.25, 0.3) is 0 Å². The highest BCUT2D eigenvalue weighted by molar-refractivity contribution is 5.15. The lowest BCUT2D eigenvalue weighted by Gasteiger charge is -2.16. The first-order chi connectivity index (χ1) is 8.22. The first-order valence-corrected chi connectivity index (χ1v) is 6.26. The highest BCUT2D eigenvalue weighted by Gasteiger charge is 2.00. The number of aliphatic hydroxyl groups is 1. The number of aliphatic hydroxyl groups excluding tert-OH is 1. The fraction of sp³-hybridized carbons (Fsp3) is 0.571. The number of benzene rings is 1. The van der Waals surface area contributed by atoms with Gasteiger partial charge in [-0.1, -0.05) is 25.0 Å². The quantitative estimate of drug-likeness (QED) is 0.705. The monoisotopic (exact) mass is 239 g/mol. The molecular formula is C14H22FNO. The van der Waals surface area contributed by atoms with Gasteiger partial charge in [0.1, 0.15) is 5.82 Å². The smallest absolute Gasteiger partial charge is 0.123 e. The Hall–Kier alpha value is -0.930. The highest BCUT2D eigenvalue weighted by Crippen LogP contribution is 2.07. The first-order valence-electron chi connectivity index (χ1n) is 6.26. The minimum atomic E-state index is -0.180. The number of unbranched alkanes of at least 4 members (excludes halogenated alkanes) is 3. The van der Waals surface area contributed by atoms with Crippen molar-refractivity contribution in [3.8, 4) is 0 Å². The number of nitrogens with zero attached hydrogens (tertiary/aromatic N) is 1. The third-order valence-corrected chi connectivity index (χ3v) is 2.81. The highest BCUT2D eigenvalue weighted by atomic mass is 19.1. The van der Waals surface area contributed by atoms with E-state index in [1.54, 1.807) is 0 Å². The van der Waals surface area contributed by atoms with Crippen molar-refractivity contribution >= 4 is 0 Å². The lowest BCUT2D eigenvalue weighted by Crippen LogP contribution is -2.19. The van der Waals surface area contributed by atoms with Gasteiger partial charge in [-0.3, -0.25) is 0 Å². The van der Waals surface area contributed by atoms with Crippen LogP contribution in [0.3, 0.4) is 0 Å². The van der Waals surface area contributed by atoms with Gasteiger partial charge in [-0.2, -0.15) is 0 Å². The third kappa shape index (κ3) is 6.39. The molecule has 0 aliphatic rings. The van der Waals surface area contributed by atoms with Crippen LogP contribution < -0.4 is 0 Å². The SMILES string of the molecule is CN(CCCCCCO)Cc1ccc(F)cc1. The maximum absolute atomic E-state index is 12.7. The van der Waals surface area contributed by atoms with Crippen LogP contribution in [0.2, 0.25) is 0 Å². The van der Waals surface area contributed by atoms with Gasteiger partial charge >= 0.3 is 0 Å². The van der Waals surface area contributed by atoms with Gasteiger partial charge < -0.3 is 10.0 Å². The molecule has 1 N–H and O–H groups in total. The van der Waals surface area contributed by atoms with Gasteiger partial charge in [-0.25, -0.2) is 4.39 Å². The van der Waals surface area contributed by atoms with Gasteiger partial charge in [-0.05, 0) is 44.1 Å². The van der Waals surface area contributed by atoms with Crippen LogP contribution in [0.1, 0.15) is 31.2 Å². The van der Waals surface area contributed by atoms with Crippen molar-refractivity contribution in [3.63, 3.8) is 0 Å². The molecule has 0 saturated carbocycles. The van der Waals surface area contributed by atoms with Crippen molar-refractivity contribution in [2.24, 2.45) is 0 Å². The summed E-state index contributed by atoms with van der Waals surface area (Å²) < 4.78 is 12.7. The molecule has 2 nitrogen and oxygen atoms in total. The van der Waals surface area contributed by atoms with Crippen molar-refractivity contribution in [1.82, 2.24) is 4.90 Å². The second kappa shape index (κ2) is 8.20. The lowest BCUT2D eigenvalue weighted by molar-refractivity contribution is 0.277. The van der Waals surface area contributed by atoms with Gasteiger partial charge in [0.05, 0.1) is 0 Å². The van der Waals surface area contributed by atoms with Gasteiger partial charge in [0.2, 0.25) is 0 Å². The topological polar surface area (TPSA) is 23.5 Å². The zero-order valence-electron chi connectivity index (χ0n) is 10.5. The van der Waals surface area contributed by atoms with E-state index in [0.717, 1.165) is 44.3 Å². The third-order valence-electron chi connectivity index (χ3n) is 2.81. The Morgan fingerprint density at radius 2 is 1.71 bits per heavy atom. The summed E-state index contributed by atoms with van der Waals surface area (Å²) in [4.78, 5) is 2.24. The van der Waals surface area contributed by atoms with E-state index in [2.05, 4.69) is 11.9 Å². The molecule has 0 fully saturated rings. The molecule has 0 heterocycles. The molecule has 1 aromatic rings. The van der Waals surface area contributed by atoms with Crippen LogP contribution in [0.25, 0.3) is 0 Å². The Balaban J connectivity index is 2.16. The molecule has 0 atom stereocenters. The van der Waals surface area contributed by atoms with Crippen LogP contribution >= 0.6 is 0 Å². The molecule has 0 aliphatic heterocycles. The molecule has 0 aromatic heterocycles. The zero-order valence-corrected chi connectivity index (χ0v) is 10.5. The zero-order chi connectivity index (χ0) is 12.5. The summed E-state index contributed by atoms with van der Waals surface area (Å²) in [5.41, 5.74) is 1.14. The molecule has 0 aliphatic carbocycles. The summed E-state index contributed by atoms with van der Waals surface area (Å²) in [6, 6.07) is 6.67. The molecule has 3 heteroatoms. The normalized spacial score (nSPS) is 11.1. The van der Waals surface area contributed by atoms with Gasteiger partial charge in [0, 0.05) is 13.2 Å². The first kappa shape index (κ1) is 14.1. The largest absolute Gasteiger partial charge is 0.396 e. The summed E-state index contributed by atoms with van der Waals surface area (Å²) in [6.45, 7) is 2.20. The summed E-state index contributed by atoms with van der Waals surface area (Å²) >= 11 is 0. The molecule has 0 spiro atoms. The maximum Gasteiger partial charge on any atom is 0.123 e. The molecule has 1 rings (SSSR count). The van der Waals surface area contributed by atoms with Crippen molar-refractivity contribution in [2.45, 2.75) is 32.2 Å². The maximum atomic E-state index is 12.7. The van der Waals surface area contributed by atoms with Crippen LogP contribution in [0.5, 0.6) is 0 Å². The fourth-order valence-electron chi connectivity index (χ4n) is 1.83. The molecule has 96 valence electrons. The van der Waals surface area contributed by atoms with E-state index in [9.17, 15) is 4.39 Å². The molecular weight excluding hydrogens is 217 g/mol. The fourth-order valence-corrected chi connectivity index (χ4v) is 1.83. The second-order valence-electron chi connectivity index (χ2n) is 4.50. The Kier molecular flexibility index (Phi) is 6.82. The molecule has 17 heavy (non-hydrogen) atoms. The Morgan fingerprint density at radius 3 is 2.35 bits per heavy atom. The molecule has 0 unspecified atom stereocenters. The molecule has 0 bridgehead atoms. The van der Waals surface area contributed by atoms with Crippen molar-refractivity contribution in [3.05, 3.63) is 35.6 Å². The van der Waals surface area contributed by atoms with Crippen LogP contribution in [-0.4, -0.2) is 30.2 Å². The number of halogens is 1. The van der Waals surface area contributed by atoms with Crippen molar-refractivity contribution in [2.75, 3.05) is 20.2 Å². The summed E-state index contributed by atoms with van der Waals surface area (Å²) in [5, 5.41) is 8.65. The van der Waals surface area contributed by atoms with E-state index in [1.165, 1.54) is 12.1 Å². The van der Waals surface area contributed by atoms with E-state index >= 15 is 0 Å². The van der Waals surface area contributed by atoms with Gasteiger partial charge in [0.15, 0.2) is 0 Å². The van der Waals surface area contributed by atoms with E-state index in [1.807, 2.05) is 12.1 Å². The summed E-state index contributed by atoms with van der Waals surface area (Å²) in [6.07, 6.45) is 4.31.